The Balaban J connectivity index is 0.000000576. The number of ether oxygens (including phenoxy) is 3. The second kappa shape index (κ2) is 12.4. The maximum atomic E-state index is 13.3. The van der Waals surface area contributed by atoms with E-state index in [9.17, 15) is 45.1 Å². The smallest absolute Gasteiger partial charge is 0.475 e. The fraction of sp³-hybridized carbons (Fsp3) is 0.789. The molecule has 0 aromatic carbocycles. The van der Waals surface area contributed by atoms with Crippen molar-refractivity contribution in [1.82, 2.24) is 10.2 Å². The summed E-state index contributed by atoms with van der Waals surface area (Å²) in [6.07, 6.45) is -7.21. The SMILES string of the molecule is COC(=O)[C@@H]1CC(F)(F)CN1.COC(=O)[C@@H]1CC(F)(F)CN1C(=O)OC(C)(C)C.O=C(O)C(F)(F)F. The minimum Gasteiger partial charge on any atom is -0.475 e. The van der Waals surface area contributed by atoms with Gasteiger partial charge < -0.3 is 19.3 Å². The fourth-order valence-electron chi connectivity index (χ4n) is 2.70. The molecule has 2 heterocycles. The standard InChI is InChI=1S/C11H17F2NO4.C6H9F2NO2.C2HF3O2/c1-10(2,3)18-9(16)14-6-11(12,13)5-7(14)8(15)17-4;1-11-5(10)4-2-6(7,8)3-9-4;3-2(4,5)1(6)7/h7H,5-6H2,1-4H3;4,9H,2-3H2,1H3;(H,6,7)/t7-;4-;/m00./s1. The van der Waals surface area contributed by atoms with Crippen LogP contribution in [0, 0.1) is 0 Å². The summed E-state index contributed by atoms with van der Waals surface area (Å²) in [5.74, 6) is -10.1. The van der Waals surface area contributed by atoms with Gasteiger partial charge in [0, 0.05) is 12.8 Å². The minimum absolute atomic E-state index is 0.438. The lowest BCUT2D eigenvalue weighted by atomic mass is 10.2. The number of carboxylic acids is 1. The van der Waals surface area contributed by atoms with Gasteiger partial charge >= 0.3 is 30.2 Å². The normalized spacial score (nSPS) is 22.3. The van der Waals surface area contributed by atoms with Gasteiger partial charge in [-0.1, -0.05) is 0 Å². The molecule has 210 valence electrons. The molecule has 17 heteroatoms. The van der Waals surface area contributed by atoms with Crippen LogP contribution in [0.2, 0.25) is 0 Å². The van der Waals surface area contributed by atoms with Gasteiger partial charge in [-0.2, -0.15) is 13.2 Å². The Labute approximate surface area is 201 Å². The van der Waals surface area contributed by atoms with Gasteiger partial charge in [-0.3, -0.25) is 15.0 Å². The molecule has 1 amide bonds. The predicted octanol–water partition coefficient (Wildman–Crippen LogP) is 2.59. The summed E-state index contributed by atoms with van der Waals surface area (Å²) in [6.45, 7) is 3.58. The van der Waals surface area contributed by atoms with Crippen molar-refractivity contribution < 1.29 is 69.2 Å². The number of esters is 2. The van der Waals surface area contributed by atoms with E-state index in [0.29, 0.717) is 0 Å². The van der Waals surface area contributed by atoms with Crippen LogP contribution < -0.4 is 5.32 Å². The summed E-state index contributed by atoms with van der Waals surface area (Å²) in [5.41, 5.74) is -0.810. The van der Waals surface area contributed by atoms with Gasteiger partial charge in [0.25, 0.3) is 11.8 Å². The molecule has 0 unspecified atom stereocenters. The third-order valence-electron chi connectivity index (χ3n) is 4.21. The number of nitrogens with one attached hydrogen (secondary N) is 1. The van der Waals surface area contributed by atoms with Gasteiger partial charge in [-0.25, -0.2) is 31.9 Å². The van der Waals surface area contributed by atoms with Crippen LogP contribution in [0.3, 0.4) is 0 Å². The zero-order valence-electron chi connectivity index (χ0n) is 19.9. The lowest BCUT2D eigenvalue weighted by Crippen LogP contribution is -2.44. The van der Waals surface area contributed by atoms with Crippen LogP contribution in [0.4, 0.5) is 35.5 Å². The van der Waals surface area contributed by atoms with Gasteiger partial charge in [-0.05, 0) is 20.8 Å². The van der Waals surface area contributed by atoms with Crippen LogP contribution in [-0.2, 0) is 28.6 Å². The van der Waals surface area contributed by atoms with E-state index in [1.807, 2.05) is 0 Å². The van der Waals surface area contributed by atoms with E-state index in [1.165, 1.54) is 7.11 Å². The third kappa shape index (κ3) is 11.7. The summed E-state index contributed by atoms with van der Waals surface area (Å²) in [7, 11) is 2.27. The second-order valence-corrected chi connectivity index (χ2v) is 8.53. The molecule has 0 aliphatic carbocycles. The van der Waals surface area contributed by atoms with E-state index in [0.717, 1.165) is 12.0 Å². The first-order valence-electron chi connectivity index (χ1n) is 9.99. The number of halogens is 7. The van der Waals surface area contributed by atoms with E-state index < -0.39 is 85.6 Å². The lowest BCUT2D eigenvalue weighted by Gasteiger charge is -2.26. The van der Waals surface area contributed by atoms with E-state index in [4.69, 9.17) is 14.6 Å². The summed E-state index contributed by atoms with van der Waals surface area (Å²) in [6, 6.07) is -2.13. The largest absolute Gasteiger partial charge is 0.490 e. The summed E-state index contributed by atoms with van der Waals surface area (Å²) < 4.78 is 96.8. The highest BCUT2D eigenvalue weighted by atomic mass is 19.4. The van der Waals surface area contributed by atoms with Crippen molar-refractivity contribution in [2.75, 3.05) is 27.3 Å². The Morgan fingerprint density at radius 1 is 0.917 bits per heavy atom. The van der Waals surface area contributed by atoms with Crippen LogP contribution in [0.25, 0.3) is 0 Å². The fourth-order valence-corrected chi connectivity index (χ4v) is 2.70. The molecule has 2 aliphatic rings. The van der Waals surface area contributed by atoms with E-state index >= 15 is 0 Å². The number of carbonyl (C=O) groups is 4. The van der Waals surface area contributed by atoms with Crippen LogP contribution in [0.15, 0.2) is 0 Å². The average Bonchev–Trinajstić information content (AvgIpc) is 3.24. The van der Waals surface area contributed by atoms with E-state index in [-0.39, 0.29) is 0 Å². The molecule has 2 aliphatic heterocycles. The van der Waals surface area contributed by atoms with Crippen molar-refractivity contribution in [1.29, 1.82) is 0 Å². The highest BCUT2D eigenvalue weighted by Gasteiger charge is 2.51. The number of aliphatic carboxylic acids is 1. The Bertz CT molecular complexity index is 800. The Hall–Kier alpha value is -2.85. The summed E-state index contributed by atoms with van der Waals surface area (Å²) in [4.78, 5) is 43.4. The summed E-state index contributed by atoms with van der Waals surface area (Å²) in [5, 5.41) is 9.50. The highest BCUT2D eigenvalue weighted by molar-refractivity contribution is 5.82. The molecule has 0 saturated carbocycles. The van der Waals surface area contributed by atoms with Crippen LogP contribution in [-0.4, -0.2) is 97.0 Å². The van der Waals surface area contributed by atoms with E-state index in [1.54, 1.807) is 20.8 Å². The number of methoxy groups -OCH3 is 2. The first-order chi connectivity index (χ1) is 16.0. The van der Waals surface area contributed by atoms with Crippen molar-refractivity contribution in [2.45, 2.75) is 69.3 Å². The molecule has 0 radical (unpaired) electrons. The Kier molecular flexibility index (Phi) is 11.4. The number of carboxylic acid groups (broad SMARTS) is 1. The summed E-state index contributed by atoms with van der Waals surface area (Å²) >= 11 is 0. The van der Waals surface area contributed by atoms with Crippen LogP contribution >= 0.6 is 0 Å². The van der Waals surface area contributed by atoms with Crippen molar-refractivity contribution >= 4 is 24.0 Å². The molecule has 0 bridgehead atoms. The van der Waals surface area contributed by atoms with Gasteiger partial charge in [0.1, 0.15) is 17.7 Å². The van der Waals surface area contributed by atoms with Gasteiger partial charge in [-0.15, -0.1) is 0 Å². The zero-order chi connectivity index (χ0) is 28.7. The quantitative estimate of drug-likeness (QED) is 0.306. The van der Waals surface area contributed by atoms with Crippen molar-refractivity contribution in [2.24, 2.45) is 0 Å². The molecule has 0 aromatic heterocycles. The number of rotatable bonds is 2. The van der Waals surface area contributed by atoms with Gasteiger partial charge in [0.05, 0.1) is 27.3 Å². The first kappa shape index (κ1) is 33.1. The number of amides is 1. The highest BCUT2D eigenvalue weighted by Crippen LogP contribution is 2.33. The maximum absolute atomic E-state index is 13.3. The third-order valence-corrected chi connectivity index (χ3v) is 4.21. The van der Waals surface area contributed by atoms with Crippen molar-refractivity contribution in [3.8, 4) is 0 Å². The van der Waals surface area contributed by atoms with E-state index in [2.05, 4.69) is 14.8 Å². The average molecular weight is 544 g/mol. The van der Waals surface area contributed by atoms with Crippen LogP contribution in [0.1, 0.15) is 33.6 Å². The predicted molar refractivity (Wildman–Crippen MR) is 105 cm³/mol. The Morgan fingerprint density at radius 2 is 1.39 bits per heavy atom. The molecular weight excluding hydrogens is 517 g/mol. The first-order valence-corrected chi connectivity index (χ1v) is 9.99. The number of hydrogen-bond acceptors (Lipinski definition) is 8. The van der Waals surface area contributed by atoms with Gasteiger partial charge in [0.2, 0.25) is 0 Å². The van der Waals surface area contributed by atoms with Crippen molar-refractivity contribution in [3.63, 3.8) is 0 Å². The zero-order valence-corrected chi connectivity index (χ0v) is 19.9. The monoisotopic (exact) mass is 544 g/mol. The molecule has 2 fully saturated rings. The lowest BCUT2D eigenvalue weighted by molar-refractivity contribution is -0.192. The molecule has 0 spiro atoms. The van der Waals surface area contributed by atoms with Crippen LogP contribution in [0.5, 0.6) is 0 Å². The molecule has 2 saturated heterocycles. The Morgan fingerprint density at radius 3 is 1.72 bits per heavy atom. The van der Waals surface area contributed by atoms with Gasteiger partial charge in [0.15, 0.2) is 0 Å². The number of hydrogen-bond donors (Lipinski definition) is 2. The number of carbonyl (C=O) groups excluding carboxylic acids is 3. The number of alkyl halides is 7. The number of nitrogens with zero attached hydrogens (tertiary/aromatic N) is 1. The topological polar surface area (TPSA) is 131 Å². The second-order valence-electron chi connectivity index (χ2n) is 8.53. The minimum atomic E-state index is -5.08. The molecule has 2 N–H and O–H groups in total. The maximum Gasteiger partial charge on any atom is 0.490 e. The number of likely N-dealkylation sites (tertiary alicyclic amines) is 1. The molecule has 0 aromatic rings. The molecule has 2 atom stereocenters. The molecule has 2 rings (SSSR count). The van der Waals surface area contributed by atoms with Crippen molar-refractivity contribution in [3.05, 3.63) is 0 Å². The molecule has 36 heavy (non-hydrogen) atoms. The molecular formula is C19H27F7N2O8. The molecule has 10 nitrogen and oxygen atoms in total.